The van der Waals surface area contributed by atoms with E-state index in [1.54, 1.807) is 11.8 Å². The maximum Gasteiger partial charge on any atom is 0.233 e. The van der Waals surface area contributed by atoms with Crippen LogP contribution in [0, 0.1) is 0 Å². The van der Waals surface area contributed by atoms with E-state index in [0.717, 1.165) is 22.0 Å². The van der Waals surface area contributed by atoms with Crippen LogP contribution in [0.3, 0.4) is 0 Å². The maximum absolute atomic E-state index is 12.2. The third-order valence-corrected chi connectivity index (χ3v) is 5.94. The van der Waals surface area contributed by atoms with E-state index in [1.165, 1.54) is 0 Å². The van der Waals surface area contributed by atoms with E-state index < -0.39 is 0 Å². The van der Waals surface area contributed by atoms with Gasteiger partial charge in [0.2, 0.25) is 5.91 Å². The van der Waals surface area contributed by atoms with Gasteiger partial charge in [-0.1, -0.05) is 57.5 Å². The minimum Gasteiger partial charge on any atom is -0.507 e. The fraction of sp³-hybridized carbons (Fsp3) is 0.632. The lowest BCUT2D eigenvalue weighted by molar-refractivity contribution is -0.127. The SMILES string of the molecule is CC(C)(C)c1cc(C2SCC(=O)N2CCBr)cc(C(C)(C)C)c1O. The summed E-state index contributed by atoms with van der Waals surface area (Å²) in [5.74, 6) is 1.10. The molecule has 0 bridgehead atoms. The second-order valence-corrected chi connectivity index (χ2v) is 10.3. The Morgan fingerprint density at radius 2 is 1.67 bits per heavy atom. The first kappa shape index (κ1) is 19.6. The summed E-state index contributed by atoms with van der Waals surface area (Å²) in [7, 11) is 0. The molecule has 24 heavy (non-hydrogen) atoms. The molecular formula is C19H28BrNO2S. The van der Waals surface area contributed by atoms with Gasteiger partial charge in [0.1, 0.15) is 11.1 Å². The molecule has 1 amide bonds. The summed E-state index contributed by atoms with van der Waals surface area (Å²) >= 11 is 5.12. The minimum absolute atomic E-state index is 0.0258. The molecule has 0 saturated carbocycles. The maximum atomic E-state index is 12.2. The molecule has 0 radical (unpaired) electrons. The van der Waals surface area contributed by atoms with Crippen molar-refractivity contribution >= 4 is 33.6 Å². The van der Waals surface area contributed by atoms with Crippen molar-refractivity contribution in [2.45, 2.75) is 57.7 Å². The summed E-state index contributed by atoms with van der Waals surface area (Å²) in [6.45, 7) is 13.4. The zero-order valence-electron chi connectivity index (χ0n) is 15.4. The number of halogens is 1. The van der Waals surface area contributed by atoms with Gasteiger partial charge in [-0.15, -0.1) is 11.8 Å². The number of hydrogen-bond donors (Lipinski definition) is 1. The van der Waals surface area contributed by atoms with E-state index in [9.17, 15) is 9.90 Å². The van der Waals surface area contributed by atoms with Crippen LogP contribution in [0.5, 0.6) is 5.75 Å². The number of hydrogen-bond acceptors (Lipinski definition) is 3. The number of amides is 1. The van der Waals surface area contributed by atoms with Gasteiger partial charge in [0.05, 0.1) is 5.75 Å². The first-order chi connectivity index (χ1) is 11.0. The quantitative estimate of drug-likeness (QED) is 0.711. The van der Waals surface area contributed by atoms with Gasteiger partial charge in [-0.25, -0.2) is 0 Å². The highest BCUT2D eigenvalue weighted by Gasteiger charge is 2.35. The van der Waals surface area contributed by atoms with Crippen LogP contribution in [0.2, 0.25) is 0 Å². The van der Waals surface area contributed by atoms with E-state index in [1.807, 2.05) is 4.90 Å². The number of rotatable bonds is 3. The van der Waals surface area contributed by atoms with Gasteiger partial charge in [0.25, 0.3) is 0 Å². The molecule has 0 aliphatic carbocycles. The van der Waals surface area contributed by atoms with Crippen LogP contribution in [-0.4, -0.2) is 33.5 Å². The van der Waals surface area contributed by atoms with Crippen molar-refractivity contribution in [2.24, 2.45) is 0 Å². The van der Waals surface area contributed by atoms with Gasteiger partial charge in [-0.3, -0.25) is 4.79 Å². The molecule has 1 aliphatic heterocycles. The van der Waals surface area contributed by atoms with Crippen molar-refractivity contribution in [3.63, 3.8) is 0 Å². The fourth-order valence-electron chi connectivity index (χ4n) is 3.01. The largest absolute Gasteiger partial charge is 0.507 e. The lowest BCUT2D eigenvalue weighted by Crippen LogP contribution is -2.30. The van der Waals surface area contributed by atoms with Crippen molar-refractivity contribution in [1.82, 2.24) is 4.90 Å². The second-order valence-electron chi connectivity index (χ2n) is 8.40. The smallest absolute Gasteiger partial charge is 0.233 e. The number of benzene rings is 1. The van der Waals surface area contributed by atoms with Crippen LogP contribution in [0.4, 0.5) is 0 Å². The number of phenols is 1. The zero-order valence-corrected chi connectivity index (χ0v) is 17.8. The normalized spacial score (nSPS) is 19.2. The van der Waals surface area contributed by atoms with Crippen molar-refractivity contribution in [3.8, 4) is 5.75 Å². The summed E-state index contributed by atoms with van der Waals surface area (Å²) in [6, 6.07) is 4.17. The standard InChI is InChI=1S/C19H28BrNO2S/c1-18(2,3)13-9-12(10-14(16(13)23)19(4,5)6)17-21(8-7-20)15(22)11-24-17/h9-10,17,23H,7-8,11H2,1-6H3. The van der Waals surface area contributed by atoms with E-state index in [-0.39, 0.29) is 22.1 Å². The molecule has 1 aromatic rings. The van der Waals surface area contributed by atoms with Crippen molar-refractivity contribution in [2.75, 3.05) is 17.6 Å². The van der Waals surface area contributed by atoms with Crippen molar-refractivity contribution in [3.05, 3.63) is 28.8 Å². The lowest BCUT2D eigenvalue weighted by Gasteiger charge is -2.31. The number of aromatic hydroxyl groups is 1. The minimum atomic E-state index is -0.159. The highest BCUT2D eigenvalue weighted by atomic mass is 79.9. The molecule has 134 valence electrons. The second kappa shape index (κ2) is 6.91. The summed E-state index contributed by atoms with van der Waals surface area (Å²) in [5.41, 5.74) is 2.69. The number of carbonyl (C=O) groups is 1. The summed E-state index contributed by atoms with van der Waals surface area (Å²) in [5, 5.41) is 11.6. The molecule has 1 heterocycles. The zero-order chi connectivity index (χ0) is 18.3. The molecule has 3 nitrogen and oxygen atoms in total. The highest BCUT2D eigenvalue weighted by Crippen LogP contribution is 2.45. The van der Waals surface area contributed by atoms with Crippen LogP contribution in [0.1, 0.15) is 63.6 Å². The van der Waals surface area contributed by atoms with Crippen molar-refractivity contribution in [1.29, 1.82) is 0 Å². The summed E-state index contributed by atoms with van der Waals surface area (Å²) in [6.07, 6.45) is 0. The molecule has 2 rings (SSSR count). The molecular weight excluding hydrogens is 386 g/mol. The van der Waals surface area contributed by atoms with E-state index in [0.29, 0.717) is 18.0 Å². The molecule has 1 fully saturated rings. The Kier molecular flexibility index (Phi) is 5.65. The van der Waals surface area contributed by atoms with Crippen LogP contribution < -0.4 is 0 Å². The Morgan fingerprint density at radius 3 is 2.08 bits per heavy atom. The molecule has 1 saturated heterocycles. The van der Waals surface area contributed by atoms with E-state index in [2.05, 4.69) is 69.6 Å². The monoisotopic (exact) mass is 413 g/mol. The number of phenolic OH excluding ortho intramolecular Hbond substituents is 1. The molecule has 1 N–H and O–H groups in total. The third-order valence-electron chi connectivity index (χ3n) is 4.33. The molecule has 0 aromatic heterocycles. The third kappa shape index (κ3) is 3.93. The van der Waals surface area contributed by atoms with Crippen molar-refractivity contribution < 1.29 is 9.90 Å². The Bertz CT molecular complexity index is 596. The van der Waals surface area contributed by atoms with Gasteiger partial charge in [0, 0.05) is 11.9 Å². The number of alkyl halides is 1. The van der Waals surface area contributed by atoms with Crippen LogP contribution >= 0.6 is 27.7 Å². The highest BCUT2D eigenvalue weighted by molar-refractivity contribution is 9.09. The summed E-state index contributed by atoms with van der Waals surface area (Å²) < 4.78 is 0. The van der Waals surface area contributed by atoms with Gasteiger partial charge < -0.3 is 10.0 Å². The van der Waals surface area contributed by atoms with Crippen LogP contribution in [-0.2, 0) is 15.6 Å². The summed E-state index contributed by atoms with van der Waals surface area (Å²) in [4.78, 5) is 14.1. The van der Waals surface area contributed by atoms with Gasteiger partial charge in [-0.2, -0.15) is 0 Å². The first-order valence-corrected chi connectivity index (χ1v) is 10.5. The van der Waals surface area contributed by atoms with E-state index >= 15 is 0 Å². The average Bonchev–Trinajstić information content (AvgIpc) is 2.79. The topological polar surface area (TPSA) is 40.5 Å². The predicted molar refractivity (Wildman–Crippen MR) is 106 cm³/mol. The molecule has 1 atom stereocenters. The van der Waals surface area contributed by atoms with Gasteiger partial charge in [0.15, 0.2) is 0 Å². The lowest BCUT2D eigenvalue weighted by atomic mass is 9.78. The van der Waals surface area contributed by atoms with Gasteiger partial charge in [-0.05, 0) is 39.7 Å². The number of thioether (sulfide) groups is 1. The number of carbonyl (C=O) groups excluding carboxylic acids is 1. The Labute approximate surface area is 158 Å². The Hall–Kier alpha value is -0.680. The van der Waals surface area contributed by atoms with Gasteiger partial charge >= 0.3 is 0 Å². The molecule has 1 unspecified atom stereocenters. The molecule has 1 aliphatic rings. The molecule has 5 heteroatoms. The van der Waals surface area contributed by atoms with E-state index in [4.69, 9.17) is 0 Å². The predicted octanol–water partition coefficient (Wildman–Crippen LogP) is 4.96. The first-order valence-electron chi connectivity index (χ1n) is 8.31. The molecule has 1 aromatic carbocycles. The number of nitrogens with zero attached hydrogens (tertiary/aromatic N) is 1. The van der Waals surface area contributed by atoms with Crippen LogP contribution in [0.15, 0.2) is 12.1 Å². The fourth-order valence-corrected chi connectivity index (χ4v) is 4.59. The Balaban J connectivity index is 2.60. The Morgan fingerprint density at radius 1 is 1.17 bits per heavy atom. The van der Waals surface area contributed by atoms with Crippen LogP contribution in [0.25, 0.3) is 0 Å². The molecule has 0 spiro atoms. The average molecular weight is 414 g/mol.